The molecular weight excluding hydrogens is 419 g/mol. The van der Waals surface area contributed by atoms with Gasteiger partial charge in [-0.2, -0.15) is 13.2 Å². The van der Waals surface area contributed by atoms with Gasteiger partial charge in [-0.15, -0.1) is 0 Å². The van der Waals surface area contributed by atoms with Crippen LogP contribution in [0.4, 0.5) is 18.9 Å². The molecule has 0 amide bonds. The summed E-state index contributed by atoms with van der Waals surface area (Å²) in [6.45, 7) is 9.30. The van der Waals surface area contributed by atoms with Crippen molar-refractivity contribution in [3.05, 3.63) is 29.3 Å². The Balaban J connectivity index is 0.00000121. The van der Waals surface area contributed by atoms with Crippen LogP contribution in [0, 0.1) is 11.8 Å². The third kappa shape index (κ3) is 8.31. The molecule has 1 aliphatic carbocycles. The molecule has 2 fully saturated rings. The fourth-order valence-corrected chi connectivity index (χ4v) is 3.65. The van der Waals surface area contributed by atoms with Gasteiger partial charge in [0.25, 0.3) is 0 Å². The van der Waals surface area contributed by atoms with Crippen LogP contribution in [0.2, 0.25) is 0 Å². The lowest BCUT2D eigenvalue weighted by atomic mass is 9.91. The van der Waals surface area contributed by atoms with Crippen LogP contribution in [-0.4, -0.2) is 52.2 Å². The Morgan fingerprint density at radius 2 is 1.59 bits per heavy atom. The number of halogens is 3. The standard InChI is InChI=1S/C21H26F3NO3.2C2H6/c1-26-11-3-4-15-5-6-19(21(22,23)24)20(12-15)25-9-7-16(8-10-25)28-18-13-17(14-18)27-2;2*1-2/h5-6,12,16-18H,7-11,13-14H2,1-2H3;2*1-2H3. The molecule has 182 valence electrons. The van der Waals surface area contributed by atoms with Crippen molar-refractivity contribution in [1.29, 1.82) is 0 Å². The van der Waals surface area contributed by atoms with Crippen molar-refractivity contribution in [3.63, 3.8) is 0 Å². The van der Waals surface area contributed by atoms with Gasteiger partial charge in [-0.3, -0.25) is 0 Å². The third-order valence-electron chi connectivity index (χ3n) is 5.30. The van der Waals surface area contributed by atoms with Crippen LogP contribution in [-0.2, 0) is 20.4 Å². The van der Waals surface area contributed by atoms with Crippen LogP contribution in [0.25, 0.3) is 0 Å². The molecule has 7 heteroatoms. The van der Waals surface area contributed by atoms with Gasteiger partial charge in [0.05, 0.1) is 29.6 Å². The second-order valence-corrected chi connectivity index (χ2v) is 7.24. The molecule has 1 heterocycles. The van der Waals surface area contributed by atoms with E-state index < -0.39 is 11.7 Å². The molecule has 2 aliphatic rings. The van der Waals surface area contributed by atoms with Gasteiger partial charge < -0.3 is 19.1 Å². The van der Waals surface area contributed by atoms with Crippen molar-refractivity contribution in [3.8, 4) is 11.8 Å². The normalized spacial score (nSPS) is 20.6. The summed E-state index contributed by atoms with van der Waals surface area (Å²) in [6.07, 6.45) is -0.585. The Kier molecular flexibility index (Phi) is 12.7. The highest BCUT2D eigenvalue weighted by Crippen LogP contribution is 2.38. The smallest absolute Gasteiger partial charge is 0.381 e. The quantitative estimate of drug-likeness (QED) is 0.514. The van der Waals surface area contributed by atoms with E-state index in [1.807, 2.05) is 27.7 Å². The van der Waals surface area contributed by atoms with E-state index in [9.17, 15) is 13.2 Å². The second kappa shape index (κ2) is 14.4. The van der Waals surface area contributed by atoms with Crippen LogP contribution in [0.1, 0.15) is 64.5 Å². The molecule has 0 N–H and O–H groups in total. The Labute approximate surface area is 191 Å². The zero-order valence-electron chi connectivity index (χ0n) is 20.2. The van der Waals surface area contributed by atoms with Gasteiger partial charge in [0, 0.05) is 32.9 Å². The average molecular weight is 458 g/mol. The van der Waals surface area contributed by atoms with E-state index in [2.05, 4.69) is 11.8 Å². The molecule has 0 radical (unpaired) electrons. The molecule has 32 heavy (non-hydrogen) atoms. The first-order chi connectivity index (χ1) is 15.4. The Morgan fingerprint density at radius 1 is 0.969 bits per heavy atom. The lowest BCUT2D eigenvalue weighted by Gasteiger charge is -2.40. The number of ether oxygens (including phenoxy) is 3. The largest absolute Gasteiger partial charge is 0.418 e. The Bertz CT molecular complexity index is 713. The van der Waals surface area contributed by atoms with Crippen molar-refractivity contribution in [2.24, 2.45) is 0 Å². The second-order valence-electron chi connectivity index (χ2n) is 7.24. The van der Waals surface area contributed by atoms with Crippen molar-refractivity contribution >= 4 is 5.69 Å². The minimum Gasteiger partial charge on any atom is -0.381 e. The van der Waals surface area contributed by atoms with E-state index in [0.29, 0.717) is 31.5 Å². The zero-order valence-corrected chi connectivity index (χ0v) is 20.2. The predicted octanol–water partition coefficient (Wildman–Crippen LogP) is 5.92. The van der Waals surface area contributed by atoms with E-state index in [0.717, 1.165) is 18.9 Å². The first-order valence-corrected chi connectivity index (χ1v) is 11.5. The summed E-state index contributed by atoms with van der Waals surface area (Å²) in [5.41, 5.74) is 0.128. The number of rotatable bonds is 5. The average Bonchev–Trinajstić information content (AvgIpc) is 2.78. The van der Waals surface area contributed by atoms with Gasteiger partial charge >= 0.3 is 6.18 Å². The number of methoxy groups -OCH3 is 2. The van der Waals surface area contributed by atoms with E-state index in [1.54, 1.807) is 12.0 Å². The molecule has 1 aliphatic heterocycles. The molecule has 1 saturated carbocycles. The molecule has 4 nitrogen and oxygen atoms in total. The number of alkyl halides is 3. The molecule has 1 saturated heterocycles. The lowest BCUT2D eigenvalue weighted by molar-refractivity contribution is -0.137. The number of benzene rings is 1. The predicted molar refractivity (Wildman–Crippen MR) is 123 cm³/mol. The molecule has 1 aromatic rings. The monoisotopic (exact) mass is 457 g/mol. The van der Waals surface area contributed by atoms with Crippen molar-refractivity contribution in [2.45, 2.75) is 77.9 Å². The Hall–Kier alpha value is -1.75. The van der Waals surface area contributed by atoms with Crippen LogP contribution >= 0.6 is 0 Å². The van der Waals surface area contributed by atoms with Crippen molar-refractivity contribution in [1.82, 2.24) is 0 Å². The maximum Gasteiger partial charge on any atom is 0.418 e. The maximum atomic E-state index is 13.5. The first kappa shape index (κ1) is 28.3. The maximum absolute atomic E-state index is 13.5. The number of anilines is 1. The van der Waals surface area contributed by atoms with Gasteiger partial charge in [-0.1, -0.05) is 39.5 Å². The summed E-state index contributed by atoms with van der Waals surface area (Å²) < 4.78 is 56.7. The van der Waals surface area contributed by atoms with Gasteiger partial charge in [-0.05, 0) is 43.9 Å². The fraction of sp³-hybridized carbons (Fsp3) is 0.680. The molecule has 0 bridgehead atoms. The van der Waals surface area contributed by atoms with Crippen LogP contribution in [0.15, 0.2) is 18.2 Å². The number of hydrogen-bond acceptors (Lipinski definition) is 4. The van der Waals surface area contributed by atoms with E-state index in [1.165, 1.54) is 19.2 Å². The Morgan fingerprint density at radius 3 is 2.12 bits per heavy atom. The molecule has 0 aromatic heterocycles. The zero-order chi connectivity index (χ0) is 24.1. The van der Waals surface area contributed by atoms with Gasteiger partial charge in [-0.25, -0.2) is 0 Å². The first-order valence-electron chi connectivity index (χ1n) is 11.5. The highest BCUT2D eigenvalue weighted by Gasteiger charge is 2.37. The summed E-state index contributed by atoms with van der Waals surface area (Å²) in [5.74, 6) is 5.65. The fourth-order valence-electron chi connectivity index (χ4n) is 3.65. The third-order valence-corrected chi connectivity index (χ3v) is 5.30. The highest BCUT2D eigenvalue weighted by atomic mass is 19.4. The van der Waals surface area contributed by atoms with E-state index in [-0.39, 0.29) is 30.6 Å². The minimum absolute atomic E-state index is 0.0954. The molecule has 0 unspecified atom stereocenters. The van der Waals surface area contributed by atoms with Crippen LogP contribution < -0.4 is 4.90 Å². The molecule has 1 aromatic carbocycles. The summed E-state index contributed by atoms with van der Waals surface area (Å²) >= 11 is 0. The van der Waals surface area contributed by atoms with E-state index >= 15 is 0 Å². The van der Waals surface area contributed by atoms with Gasteiger partial charge in [0.2, 0.25) is 0 Å². The molecular formula is C25H38F3NO3. The highest BCUT2D eigenvalue weighted by molar-refractivity contribution is 5.59. The van der Waals surface area contributed by atoms with Gasteiger partial charge in [0.15, 0.2) is 0 Å². The van der Waals surface area contributed by atoms with Crippen LogP contribution in [0.5, 0.6) is 0 Å². The summed E-state index contributed by atoms with van der Waals surface area (Å²) in [7, 11) is 3.23. The lowest BCUT2D eigenvalue weighted by Crippen LogP contribution is -2.43. The van der Waals surface area contributed by atoms with Gasteiger partial charge in [0.1, 0.15) is 6.61 Å². The topological polar surface area (TPSA) is 30.9 Å². The van der Waals surface area contributed by atoms with Crippen molar-refractivity contribution < 1.29 is 27.4 Å². The molecule has 0 spiro atoms. The van der Waals surface area contributed by atoms with Crippen molar-refractivity contribution in [2.75, 3.05) is 38.8 Å². The number of piperidine rings is 1. The summed E-state index contributed by atoms with van der Waals surface area (Å²) in [5, 5.41) is 0. The van der Waals surface area contributed by atoms with E-state index in [4.69, 9.17) is 14.2 Å². The summed E-state index contributed by atoms with van der Waals surface area (Å²) in [4.78, 5) is 1.79. The SMILES string of the molecule is CC.CC.COCC#Cc1ccc(C(F)(F)F)c(N2CCC(OC3CC(OC)C3)CC2)c1. The number of nitrogens with zero attached hydrogens (tertiary/aromatic N) is 1. The summed E-state index contributed by atoms with van der Waals surface area (Å²) in [6, 6.07) is 4.06. The minimum atomic E-state index is -4.40. The molecule has 3 rings (SSSR count). The molecule has 0 atom stereocenters. The van der Waals surface area contributed by atoms with Crippen LogP contribution in [0.3, 0.4) is 0 Å². The number of hydrogen-bond donors (Lipinski definition) is 0.